The summed E-state index contributed by atoms with van der Waals surface area (Å²) in [6, 6.07) is 3.68. The van der Waals surface area contributed by atoms with E-state index in [2.05, 4.69) is 10.2 Å². The van der Waals surface area contributed by atoms with Crippen LogP contribution in [0, 0.1) is 6.92 Å². The molecule has 0 aliphatic carbocycles. The van der Waals surface area contributed by atoms with Crippen molar-refractivity contribution in [1.82, 2.24) is 14.6 Å². The van der Waals surface area contributed by atoms with Crippen LogP contribution in [0.15, 0.2) is 18.3 Å². The minimum absolute atomic E-state index is 0. The van der Waals surface area contributed by atoms with E-state index in [1.165, 1.54) is 0 Å². The summed E-state index contributed by atoms with van der Waals surface area (Å²) in [5.74, 6) is 0.854. The molecule has 0 saturated carbocycles. The van der Waals surface area contributed by atoms with Crippen molar-refractivity contribution in [2.24, 2.45) is 0 Å². The molecule has 2 heterocycles. The molecule has 0 aliphatic rings. The van der Waals surface area contributed by atoms with Crippen LogP contribution in [0.2, 0.25) is 0 Å². The molecular formula is C7H9ClN4. The van der Waals surface area contributed by atoms with Crippen molar-refractivity contribution in [2.75, 3.05) is 5.73 Å². The van der Waals surface area contributed by atoms with Gasteiger partial charge in [0.2, 0.25) is 0 Å². The van der Waals surface area contributed by atoms with E-state index in [-0.39, 0.29) is 12.4 Å². The maximum atomic E-state index is 5.65. The largest absolute Gasteiger partial charge is 0.396 e. The summed E-state index contributed by atoms with van der Waals surface area (Å²) in [6.45, 7) is 1.89. The highest BCUT2D eigenvalue weighted by Crippen LogP contribution is 2.10. The first-order valence-electron chi connectivity index (χ1n) is 3.35. The molecule has 0 aliphatic heterocycles. The fourth-order valence-electron chi connectivity index (χ4n) is 1.05. The Morgan fingerprint density at radius 2 is 2.17 bits per heavy atom. The summed E-state index contributed by atoms with van der Waals surface area (Å²) in [5.41, 5.74) is 7.03. The molecule has 0 bridgehead atoms. The summed E-state index contributed by atoms with van der Waals surface area (Å²) < 4.78 is 1.86. The van der Waals surface area contributed by atoms with E-state index >= 15 is 0 Å². The summed E-state index contributed by atoms with van der Waals surface area (Å²) in [7, 11) is 0. The van der Waals surface area contributed by atoms with Crippen LogP contribution in [0.3, 0.4) is 0 Å². The predicted octanol–water partition coefficient (Wildman–Crippen LogP) is 1.04. The van der Waals surface area contributed by atoms with Gasteiger partial charge in [0, 0.05) is 6.20 Å². The number of aryl methyl sites for hydroxylation is 1. The Morgan fingerprint density at radius 3 is 2.83 bits per heavy atom. The summed E-state index contributed by atoms with van der Waals surface area (Å²) >= 11 is 0. The molecule has 0 unspecified atom stereocenters. The van der Waals surface area contributed by atoms with Gasteiger partial charge in [0.1, 0.15) is 5.82 Å². The Hall–Kier alpha value is -1.29. The Balaban J connectivity index is 0.000000720. The zero-order valence-corrected chi connectivity index (χ0v) is 7.38. The van der Waals surface area contributed by atoms with Crippen molar-refractivity contribution in [1.29, 1.82) is 0 Å². The molecule has 5 heteroatoms. The lowest BCUT2D eigenvalue weighted by atomic mass is 10.4. The summed E-state index contributed by atoms with van der Waals surface area (Å²) in [6.07, 6.45) is 1.89. The van der Waals surface area contributed by atoms with Gasteiger partial charge < -0.3 is 5.73 Å². The van der Waals surface area contributed by atoms with Crippen LogP contribution in [-0.2, 0) is 0 Å². The highest BCUT2D eigenvalue weighted by molar-refractivity contribution is 5.85. The van der Waals surface area contributed by atoms with Crippen LogP contribution >= 0.6 is 12.4 Å². The molecule has 2 rings (SSSR count). The van der Waals surface area contributed by atoms with E-state index in [1.807, 2.05) is 29.7 Å². The smallest absolute Gasteiger partial charge is 0.183 e. The topological polar surface area (TPSA) is 56.2 Å². The van der Waals surface area contributed by atoms with E-state index in [0.29, 0.717) is 5.69 Å². The summed E-state index contributed by atoms with van der Waals surface area (Å²) in [4.78, 5) is 0. The first-order valence-corrected chi connectivity index (χ1v) is 3.35. The van der Waals surface area contributed by atoms with Crippen molar-refractivity contribution in [2.45, 2.75) is 6.92 Å². The first-order chi connectivity index (χ1) is 5.29. The molecule has 64 valence electrons. The molecule has 2 aromatic heterocycles. The third-order valence-electron chi connectivity index (χ3n) is 1.64. The highest BCUT2D eigenvalue weighted by atomic mass is 35.5. The van der Waals surface area contributed by atoms with Gasteiger partial charge in [-0.2, -0.15) is 0 Å². The number of fused-ring (bicyclic) bond motifs is 1. The van der Waals surface area contributed by atoms with Crippen LogP contribution in [0.4, 0.5) is 5.69 Å². The number of rotatable bonds is 0. The van der Waals surface area contributed by atoms with Crippen LogP contribution in [0.1, 0.15) is 5.82 Å². The quantitative estimate of drug-likeness (QED) is 0.666. The zero-order chi connectivity index (χ0) is 7.84. The Kier molecular flexibility index (Phi) is 2.19. The standard InChI is InChI=1S/C7H8N4.ClH/c1-5-9-10-7-6(8)3-2-4-11(5)7;/h2-4H,8H2,1H3;1H. The lowest BCUT2D eigenvalue weighted by Gasteiger charge is -1.95. The van der Waals surface area contributed by atoms with Crippen molar-refractivity contribution >= 4 is 23.7 Å². The van der Waals surface area contributed by atoms with Crippen molar-refractivity contribution in [3.63, 3.8) is 0 Å². The van der Waals surface area contributed by atoms with Crippen LogP contribution in [-0.4, -0.2) is 14.6 Å². The maximum absolute atomic E-state index is 5.65. The Morgan fingerprint density at radius 1 is 1.42 bits per heavy atom. The minimum Gasteiger partial charge on any atom is -0.396 e. The number of aromatic nitrogens is 3. The van der Waals surface area contributed by atoms with Crippen molar-refractivity contribution in [3.8, 4) is 0 Å². The highest BCUT2D eigenvalue weighted by Gasteiger charge is 2.01. The maximum Gasteiger partial charge on any atom is 0.183 e. The van der Waals surface area contributed by atoms with E-state index < -0.39 is 0 Å². The lowest BCUT2D eigenvalue weighted by Crippen LogP contribution is -1.92. The second kappa shape index (κ2) is 2.98. The van der Waals surface area contributed by atoms with E-state index in [9.17, 15) is 0 Å². The number of halogens is 1. The van der Waals surface area contributed by atoms with Gasteiger partial charge in [0.15, 0.2) is 5.65 Å². The number of pyridine rings is 1. The summed E-state index contributed by atoms with van der Waals surface area (Å²) in [5, 5.41) is 7.80. The molecular weight excluding hydrogens is 176 g/mol. The molecule has 0 spiro atoms. The van der Waals surface area contributed by atoms with Gasteiger partial charge in [0.25, 0.3) is 0 Å². The van der Waals surface area contributed by atoms with Gasteiger partial charge in [0.05, 0.1) is 5.69 Å². The molecule has 2 aromatic rings. The first kappa shape index (κ1) is 8.80. The molecule has 2 N–H and O–H groups in total. The van der Waals surface area contributed by atoms with Crippen LogP contribution in [0.25, 0.3) is 5.65 Å². The van der Waals surface area contributed by atoms with Gasteiger partial charge >= 0.3 is 0 Å². The Bertz CT molecular complexity index is 395. The molecule has 0 fully saturated rings. The van der Waals surface area contributed by atoms with E-state index in [0.717, 1.165) is 11.5 Å². The van der Waals surface area contributed by atoms with Crippen LogP contribution < -0.4 is 5.73 Å². The second-order valence-corrected chi connectivity index (χ2v) is 2.40. The van der Waals surface area contributed by atoms with Gasteiger partial charge in [-0.25, -0.2) is 0 Å². The fraction of sp³-hybridized carbons (Fsp3) is 0.143. The lowest BCUT2D eigenvalue weighted by molar-refractivity contribution is 1.01. The number of nitrogen functional groups attached to an aromatic ring is 1. The van der Waals surface area contributed by atoms with Crippen LogP contribution in [0.5, 0.6) is 0 Å². The number of hydrogen-bond donors (Lipinski definition) is 1. The molecule has 12 heavy (non-hydrogen) atoms. The zero-order valence-electron chi connectivity index (χ0n) is 6.56. The molecule has 4 nitrogen and oxygen atoms in total. The average molecular weight is 185 g/mol. The SMILES string of the molecule is Cc1nnc2c(N)cccn12.Cl. The third-order valence-corrected chi connectivity index (χ3v) is 1.64. The molecule has 0 atom stereocenters. The fourth-order valence-corrected chi connectivity index (χ4v) is 1.05. The molecule has 0 aromatic carbocycles. The minimum atomic E-state index is 0. The third kappa shape index (κ3) is 1.10. The van der Waals surface area contributed by atoms with E-state index in [1.54, 1.807) is 0 Å². The predicted molar refractivity (Wildman–Crippen MR) is 49.4 cm³/mol. The number of nitrogens with two attached hydrogens (primary N) is 1. The molecule has 0 amide bonds. The average Bonchev–Trinajstić information content (AvgIpc) is 2.35. The Labute approximate surface area is 75.8 Å². The number of nitrogens with zero attached hydrogens (tertiary/aromatic N) is 3. The normalized spacial score (nSPS) is 9.75. The van der Waals surface area contributed by atoms with Gasteiger partial charge in [-0.05, 0) is 19.1 Å². The number of anilines is 1. The van der Waals surface area contributed by atoms with Gasteiger partial charge in [-0.3, -0.25) is 4.40 Å². The molecule has 0 radical (unpaired) electrons. The monoisotopic (exact) mass is 184 g/mol. The van der Waals surface area contributed by atoms with Gasteiger partial charge in [-0.15, -0.1) is 22.6 Å². The number of hydrogen-bond acceptors (Lipinski definition) is 3. The molecule has 0 saturated heterocycles. The van der Waals surface area contributed by atoms with Crippen molar-refractivity contribution in [3.05, 3.63) is 24.2 Å². The second-order valence-electron chi connectivity index (χ2n) is 2.40. The van der Waals surface area contributed by atoms with Crippen molar-refractivity contribution < 1.29 is 0 Å². The van der Waals surface area contributed by atoms with E-state index in [4.69, 9.17) is 5.73 Å². The van der Waals surface area contributed by atoms with Gasteiger partial charge in [-0.1, -0.05) is 0 Å².